The van der Waals surface area contributed by atoms with Crippen LogP contribution in [0, 0.1) is 0 Å². The molecule has 0 atom stereocenters. The maximum Gasteiger partial charge on any atom is 0.275 e. The van der Waals surface area contributed by atoms with Crippen LogP contribution < -0.4 is 4.90 Å². The third-order valence-electron chi connectivity index (χ3n) is 6.19. The zero-order valence-corrected chi connectivity index (χ0v) is 18.8. The van der Waals surface area contributed by atoms with Gasteiger partial charge in [-0.1, -0.05) is 18.2 Å². The van der Waals surface area contributed by atoms with E-state index < -0.39 is 0 Å². The number of rotatable bonds is 4. The number of carbonyl (C=O) groups is 2. The third-order valence-corrected chi connectivity index (χ3v) is 6.67. The van der Waals surface area contributed by atoms with Gasteiger partial charge >= 0.3 is 0 Å². The van der Waals surface area contributed by atoms with Crippen LogP contribution >= 0.6 is 11.7 Å². The molecule has 2 aliphatic rings. The Morgan fingerprint density at radius 3 is 2.47 bits per heavy atom. The maximum absolute atomic E-state index is 13.5. The molecule has 166 valence electrons. The molecular weight excluding hydrogens is 426 g/mol. The van der Waals surface area contributed by atoms with E-state index in [1.54, 1.807) is 4.90 Å². The summed E-state index contributed by atoms with van der Waals surface area (Å²) < 4.78 is 9.92. The normalized spacial score (nSPS) is 16.2. The van der Waals surface area contributed by atoms with E-state index in [1.807, 2.05) is 34.7 Å². The first kappa shape index (κ1) is 20.6. The number of hydrogen-bond donors (Lipinski definition) is 0. The molecule has 1 aromatic carbocycles. The lowest BCUT2D eigenvalue weighted by Crippen LogP contribution is -2.49. The van der Waals surface area contributed by atoms with Gasteiger partial charge in [-0.25, -0.2) is 0 Å². The fraction of sp³-hybridized carbons (Fsp3) is 0.409. The molecule has 32 heavy (non-hydrogen) atoms. The number of hydrogen-bond acceptors (Lipinski definition) is 7. The van der Waals surface area contributed by atoms with Crippen LogP contribution in [0.25, 0.3) is 0 Å². The highest BCUT2D eigenvalue weighted by Gasteiger charge is 2.33. The number of amides is 2. The zero-order chi connectivity index (χ0) is 22.1. The number of aryl methyl sites for hydroxylation is 1. The zero-order valence-electron chi connectivity index (χ0n) is 18.0. The summed E-state index contributed by atoms with van der Waals surface area (Å²) in [6.45, 7) is 6.54. The van der Waals surface area contributed by atoms with E-state index in [9.17, 15) is 9.59 Å². The first-order valence-electron chi connectivity index (χ1n) is 10.9. The molecule has 2 aliphatic heterocycles. The van der Waals surface area contributed by atoms with E-state index in [-0.39, 0.29) is 11.8 Å². The molecule has 0 unspecified atom stereocenters. The quantitative estimate of drug-likeness (QED) is 0.602. The Balaban J connectivity index is 1.34. The van der Waals surface area contributed by atoms with Crippen LogP contribution in [-0.4, -0.2) is 72.9 Å². The second kappa shape index (κ2) is 8.70. The van der Waals surface area contributed by atoms with Gasteiger partial charge in [-0.2, -0.15) is 13.8 Å². The lowest BCUT2D eigenvalue weighted by molar-refractivity contribution is 0.0706. The van der Waals surface area contributed by atoms with Crippen LogP contribution in [0.1, 0.15) is 39.2 Å². The number of benzene rings is 1. The highest BCUT2D eigenvalue weighted by molar-refractivity contribution is 6.99. The van der Waals surface area contributed by atoms with Gasteiger partial charge in [0.05, 0.1) is 24.5 Å². The average Bonchev–Trinajstić information content (AvgIpc) is 3.52. The van der Waals surface area contributed by atoms with Crippen molar-refractivity contribution in [1.29, 1.82) is 0 Å². The summed E-state index contributed by atoms with van der Waals surface area (Å²) in [4.78, 5) is 32.2. The first-order valence-corrected chi connectivity index (χ1v) is 11.6. The lowest BCUT2D eigenvalue weighted by atomic mass is 10.0. The summed E-state index contributed by atoms with van der Waals surface area (Å²) in [6.07, 6.45) is 2.17. The van der Waals surface area contributed by atoms with Crippen molar-refractivity contribution < 1.29 is 9.59 Å². The second-order valence-electron chi connectivity index (χ2n) is 7.97. The van der Waals surface area contributed by atoms with E-state index >= 15 is 0 Å². The molecule has 0 radical (unpaired) electrons. The van der Waals surface area contributed by atoms with Crippen molar-refractivity contribution in [2.24, 2.45) is 0 Å². The molecule has 2 aromatic heterocycles. The standard InChI is InChI=1S/C22H25N7O2S/c1-2-29-19-8-9-28(21(30)18-14-23-32-25-18)15-17(19)20(24-29)22(31)27-12-10-26(11-13-27)16-6-4-3-5-7-16/h3-7,14H,2,8-13,15H2,1H3. The van der Waals surface area contributed by atoms with E-state index in [1.165, 1.54) is 11.9 Å². The fourth-order valence-electron chi connectivity index (χ4n) is 4.47. The average molecular weight is 452 g/mol. The van der Waals surface area contributed by atoms with Crippen LogP contribution in [-0.2, 0) is 19.5 Å². The van der Waals surface area contributed by atoms with E-state index in [2.05, 4.69) is 30.9 Å². The molecule has 0 aliphatic carbocycles. The Hall–Kier alpha value is -3.27. The van der Waals surface area contributed by atoms with Crippen LogP contribution in [0.5, 0.6) is 0 Å². The van der Waals surface area contributed by atoms with Gasteiger partial charge < -0.3 is 14.7 Å². The Kier molecular flexibility index (Phi) is 5.60. The molecule has 5 rings (SSSR count). The summed E-state index contributed by atoms with van der Waals surface area (Å²) >= 11 is 1.02. The number of aromatic nitrogens is 4. The Morgan fingerprint density at radius 1 is 1.00 bits per heavy atom. The molecule has 0 bridgehead atoms. The summed E-state index contributed by atoms with van der Waals surface area (Å²) in [6, 6.07) is 10.3. The van der Waals surface area contributed by atoms with Gasteiger partial charge in [-0.15, -0.1) is 0 Å². The predicted octanol–water partition coefficient (Wildman–Crippen LogP) is 1.92. The summed E-state index contributed by atoms with van der Waals surface area (Å²) in [7, 11) is 0. The molecule has 0 saturated carbocycles. The van der Waals surface area contributed by atoms with Gasteiger partial charge in [0.1, 0.15) is 0 Å². The fourth-order valence-corrected chi connectivity index (χ4v) is 4.88. The molecule has 3 aromatic rings. The Bertz CT molecular complexity index is 1110. The second-order valence-corrected chi connectivity index (χ2v) is 8.53. The van der Waals surface area contributed by atoms with Gasteiger partial charge in [0.25, 0.3) is 11.8 Å². The van der Waals surface area contributed by atoms with Crippen molar-refractivity contribution in [3.05, 3.63) is 59.2 Å². The monoisotopic (exact) mass is 451 g/mol. The van der Waals surface area contributed by atoms with Crippen molar-refractivity contribution in [1.82, 2.24) is 28.3 Å². The molecule has 0 N–H and O–H groups in total. The van der Waals surface area contributed by atoms with Gasteiger partial charge in [0, 0.05) is 62.6 Å². The van der Waals surface area contributed by atoms with Crippen LogP contribution in [0.2, 0.25) is 0 Å². The molecule has 0 spiro atoms. The molecule has 10 heteroatoms. The maximum atomic E-state index is 13.5. The number of para-hydroxylation sites is 1. The van der Waals surface area contributed by atoms with E-state index in [0.29, 0.717) is 50.5 Å². The van der Waals surface area contributed by atoms with Crippen molar-refractivity contribution in [2.75, 3.05) is 37.6 Å². The summed E-state index contributed by atoms with van der Waals surface area (Å²) in [5.74, 6) is -0.200. The Labute approximate surface area is 190 Å². The number of fused-ring (bicyclic) bond motifs is 1. The molecule has 9 nitrogen and oxygen atoms in total. The first-order chi connectivity index (χ1) is 15.7. The van der Waals surface area contributed by atoms with Gasteiger partial charge in [-0.05, 0) is 19.1 Å². The molecule has 4 heterocycles. The van der Waals surface area contributed by atoms with E-state index in [4.69, 9.17) is 0 Å². The van der Waals surface area contributed by atoms with Crippen molar-refractivity contribution in [3.63, 3.8) is 0 Å². The molecule has 1 saturated heterocycles. The number of nitrogens with zero attached hydrogens (tertiary/aromatic N) is 7. The molecule has 2 amide bonds. The highest BCUT2D eigenvalue weighted by Crippen LogP contribution is 2.26. The van der Waals surface area contributed by atoms with Gasteiger partial charge in [-0.3, -0.25) is 14.3 Å². The number of anilines is 1. The van der Waals surface area contributed by atoms with Crippen LogP contribution in [0.4, 0.5) is 5.69 Å². The lowest BCUT2D eigenvalue weighted by Gasteiger charge is -2.36. The summed E-state index contributed by atoms with van der Waals surface area (Å²) in [5, 5.41) is 4.67. The van der Waals surface area contributed by atoms with Crippen molar-refractivity contribution in [3.8, 4) is 0 Å². The molecular formula is C22H25N7O2S. The van der Waals surface area contributed by atoms with Gasteiger partial charge in [0.15, 0.2) is 11.4 Å². The third kappa shape index (κ3) is 3.75. The van der Waals surface area contributed by atoms with Crippen LogP contribution in [0.3, 0.4) is 0 Å². The van der Waals surface area contributed by atoms with Gasteiger partial charge in [0.2, 0.25) is 0 Å². The predicted molar refractivity (Wildman–Crippen MR) is 121 cm³/mol. The topological polar surface area (TPSA) is 87.5 Å². The number of piperazine rings is 1. The minimum atomic E-state index is -0.150. The van der Waals surface area contributed by atoms with Crippen molar-refractivity contribution >= 4 is 29.2 Å². The minimum Gasteiger partial charge on any atom is -0.368 e. The molecule has 1 fully saturated rings. The largest absolute Gasteiger partial charge is 0.368 e. The minimum absolute atomic E-state index is 0.0502. The van der Waals surface area contributed by atoms with E-state index in [0.717, 1.165) is 36.1 Å². The smallest absolute Gasteiger partial charge is 0.275 e. The number of carbonyl (C=O) groups excluding carboxylic acids is 2. The SMILES string of the molecule is CCn1nc(C(=O)N2CCN(c3ccccc3)CC2)c2c1CCN(C(=O)c1cnsn1)C2. The Morgan fingerprint density at radius 2 is 1.78 bits per heavy atom. The van der Waals surface area contributed by atoms with Crippen molar-refractivity contribution in [2.45, 2.75) is 26.4 Å². The summed E-state index contributed by atoms with van der Waals surface area (Å²) in [5.41, 5.74) is 3.93. The highest BCUT2D eigenvalue weighted by atomic mass is 32.1. The van der Waals surface area contributed by atoms with Crippen LogP contribution in [0.15, 0.2) is 36.5 Å².